The maximum Gasteiger partial charge on any atom is 0.166 e. The first-order chi connectivity index (χ1) is 11.3. The zero-order valence-electron chi connectivity index (χ0n) is 12.3. The van der Waals surface area contributed by atoms with Gasteiger partial charge in [0.15, 0.2) is 5.82 Å². The highest BCUT2D eigenvalue weighted by atomic mass is 19.1. The van der Waals surface area contributed by atoms with Gasteiger partial charge in [0.2, 0.25) is 0 Å². The molecule has 1 unspecified atom stereocenters. The maximum atomic E-state index is 14.0. The number of nitrogens with zero attached hydrogens (tertiary/aromatic N) is 4. The predicted molar refractivity (Wildman–Crippen MR) is 81.1 cm³/mol. The molecule has 5 rings (SSSR count). The van der Waals surface area contributed by atoms with Gasteiger partial charge >= 0.3 is 0 Å². The minimum Gasteiger partial charge on any atom is -0.386 e. The van der Waals surface area contributed by atoms with Crippen molar-refractivity contribution >= 4 is 0 Å². The highest BCUT2D eigenvalue weighted by molar-refractivity contribution is 5.69. The van der Waals surface area contributed by atoms with Crippen LogP contribution in [-0.4, -0.2) is 24.4 Å². The molecule has 2 aliphatic heterocycles. The molecule has 0 bridgehead atoms. The van der Waals surface area contributed by atoms with Gasteiger partial charge in [-0.3, -0.25) is 4.68 Å². The van der Waals surface area contributed by atoms with E-state index in [-0.39, 0.29) is 12.0 Å². The molecule has 116 valence electrons. The van der Waals surface area contributed by atoms with Gasteiger partial charge in [-0.15, -0.1) is 0 Å². The second-order valence-electron chi connectivity index (χ2n) is 6.22. The molecule has 2 aliphatic rings. The van der Waals surface area contributed by atoms with E-state index in [1.165, 1.54) is 11.8 Å². The molecule has 0 spiro atoms. The molecule has 0 saturated carbocycles. The number of fused-ring (bicyclic) bond motifs is 4. The largest absolute Gasteiger partial charge is 0.386 e. The van der Waals surface area contributed by atoms with E-state index >= 15 is 0 Å². The topological polar surface area (TPSA) is 55.9 Å². The summed E-state index contributed by atoms with van der Waals surface area (Å²) in [5.74, 6) is -0.537. The molecule has 6 heteroatoms. The third kappa shape index (κ3) is 1.64. The van der Waals surface area contributed by atoms with Gasteiger partial charge in [0.05, 0.1) is 30.5 Å². The first-order valence-electron chi connectivity index (χ1n) is 7.76. The van der Waals surface area contributed by atoms with Crippen LogP contribution in [0.1, 0.15) is 29.8 Å². The number of benzene rings is 1. The Bertz CT molecular complexity index is 900. The number of halogens is 1. The van der Waals surface area contributed by atoms with Crippen molar-refractivity contribution in [3.63, 3.8) is 0 Å². The van der Waals surface area contributed by atoms with Crippen molar-refractivity contribution in [2.75, 3.05) is 0 Å². The average molecular weight is 310 g/mol. The lowest BCUT2D eigenvalue weighted by Gasteiger charge is -2.34. The van der Waals surface area contributed by atoms with E-state index in [0.717, 1.165) is 17.7 Å². The SMILES string of the molecule is O[C@H]1c2c(F)cnn2CC[C@@H]1C1c2ccccc2-c2cncn21. The Hall–Kier alpha value is -2.47. The summed E-state index contributed by atoms with van der Waals surface area (Å²) in [5, 5.41) is 14.8. The fraction of sp³-hybridized carbons (Fsp3) is 0.294. The monoisotopic (exact) mass is 310 g/mol. The smallest absolute Gasteiger partial charge is 0.166 e. The lowest BCUT2D eigenvalue weighted by Crippen LogP contribution is -2.31. The standard InChI is InChI=1S/C17H15FN4O/c18-13-7-20-22-6-5-12(17(23)16(13)22)15-11-4-2-1-3-10(11)14-8-19-9-21(14)15/h1-4,7-9,12,15,17,23H,5-6H2/t12-,15?,17-/m1/s1. The second kappa shape index (κ2) is 4.52. The van der Waals surface area contributed by atoms with Gasteiger partial charge in [0.1, 0.15) is 11.8 Å². The molecule has 0 fully saturated rings. The zero-order valence-corrected chi connectivity index (χ0v) is 12.3. The van der Waals surface area contributed by atoms with Crippen molar-refractivity contribution in [1.82, 2.24) is 19.3 Å². The summed E-state index contributed by atoms with van der Waals surface area (Å²) in [6.45, 7) is 0.615. The van der Waals surface area contributed by atoms with E-state index in [1.807, 2.05) is 18.3 Å². The number of aliphatic hydroxyl groups is 1. The highest BCUT2D eigenvalue weighted by Gasteiger charge is 2.42. The maximum absolute atomic E-state index is 14.0. The molecule has 2 aromatic heterocycles. The van der Waals surface area contributed by atoms with Crippen LogP contribution in [0.5, 0.6) is 0 Å². The Morgan fingerprint density at radius 2 is 2.09 bits per heavy atom. The Morgan fingerprint density at radius 3 is 3.00 bits per heavy atom. The number of rotatable bonds is 1. The summed E-state index contributed by atoms with van der Waals surface area (Å²) in [7, 11) is 0. The van der Waals surface area contributed by atoms with Crippen molar-refractivity contribution in [3.05, 3.63) is 60.1 Å². The number of hydrogen-bond acceptors (Lipinski definition) is 3. The van der Waals surface area contributed by atoms with Crippen LogP contribution < -0.4 is 0 Å². The summed E-state index contributed by atoms with van der Waals surface area (Å²) < 4.78 is 17.7. The molecule has 3 atom stereocenters. The van der Waals surface area contributed by atoms with Gasteiger partial charge in [0.25, 0.3) is 0 Å². The number of imidazole rings is 1. The molecule has 0 saturated heterocycles. The lowest BCUT2D eigenvalue weighted by molar-refractivity contribution is 0.0492. The molecule has 1 aromatic carbocycles. The number of aliphatic hydroxyl groups excluding tert-OH is 1. The van der Waals surface area contributed by atoms with Crippen LogP contribution in [0.2, 0.25) is 0 Å². The van der Waals surface area contributed by atoms with Gasteiger partial charge in [-0.2, -0.15) is 5.10 Å². The van der Waals surface area contributed by atoms with Crippen molar-refractivity contribution in [2.24, 2.45) is 5.92 Å². The average Bonchev–Trinajstić information content (AvgIpc) is 3.23. The third-order valence-corrected chi connectivity index (χ3v) is 5.12. The molecule has 4 heterocycles. The van der Waals surface area contributed by atoms with E-state index < -0.39 is 11.9 Å². The number of aryl methyl sites for hydroxylation is 1. The van der Waals surface area contributed by atoms with Crippen LogP contribution >= 0.6 is 0 Å². The number of aromatic nitrogens is 4. The predicted octanol–water partition coefficient (Wildman–Crippen LogP) is 2.54. The van der Waals surface area contributed by atoms with E-state index in [9.17, 15) is 9.50 Å². The molecule has 0 amide bonds. The summed E-state index contributed by atoms with van der Waals surface area (Å²) in [6, 6.07) is 8.14. The molecule has 1 N–H and O–H groups in total. The molecule has 0 aliphatic carbocycles. The second-order valence-corrected chi connectivity index (χ2v) is 6.22. The minimum absolute atomic E-state index is 0.0262. The lowest BCUT2D eigenvalue weighted by atomic mass is 9.83. The summed E-state index contributed by atoms with van der Waals surface area (Å²) in [6.07, 6.45) is 4.70. The van der Waals surface area contributed by atoms with Crippen molar-refractivity contribution in [1.29, 1.82) is 0 Å². The van der Waals surface area contributed by atoms with Gasteiger partial charge in [-0.1, -0.05) is 24.3 Å². The van der Waals surface area contributed by atoms with Crippen LogP contribution in [0.25, 0.3) is 11.3 Å². The first kappa shape index (κ1) is 13.0. The molecule has 5 nitrogen and oxygen atoms in total. The number of hydrogen-bond donors (Lipinski definition) is 1. The fourth-order valence-corrected chi connectivity index (χ4v) is 4.12. The van der Waals surface area contributed by atoms with Gasteiger partial charge in [-0.05, 0) is 12.0 Å². The molecule has 0 radical (unpaired) electrons. The minimum atomic E-state index is -0.877. The van der Waals surface area contributed by atoms with E-state index in [1.54, 1.807) is 11.0 Å². The van der Waals surface area contributed by atoms with Crippen LogP contribution in [-0.2, 0) is 6.54 Å². The third-order valence-electron chi connectivity index (χ3n) is 5.12. The van der Waals surface area contributed by atoms with Crippen LogP contribution in [0.15, 0.2) is 43.0 Å². The summed E-state index contributed by atoms with van der Waals surface area (Å²) >= 11 is 0. The fourth-order valence-electron chi connectivity index (χ4n) is 4.12. The van der Waals surface area contributed by atoms with Gasteiger partial charge in [0, 0.05) is 18.0 Å². The Balaban J connectivity index is 1.65. The molecule has 3 aromatic rings. The van der Waals surface area contributed by atoms with Crippen molar-refractivity contribution in [3.8, 4) is 11.3 Å². The first-order valence-corrected chi connectivity index (χ1v) is 7.76. The van der Waals surface area contributed by atoms with Crippen molar-refractivity contribution < 1.29 is 9.50 Å². The van der Waals surface area contributed by atoms with E-state index in [0.29, 0.717) is 12.2 Å². The highest BCUT2D eigenvalue weighted by Crippen LogP contribution is 2.48. The normalized spacial score (nSPS) is 25.0. The van der Waals surface area contributed by atoms with Crippen LogP contribution in [0.4, 0.5) is 4.39 Å². The quantitative estimate of drug-likeness (QED) is 0.751. The Labute approximate surface area is 132 Å². The van der Waals surface area contributed by atoms with Crippen LogP contribution in [0, 0.1) is 11.7 Å². The van der Waals surface area contributed by atoms with E-state index in [4.69, 9.17) is 0 Å². The summed E-state index contributed by atoms with van der Waals surface area (Å²) in [4.78, 5) is 4.25. The molecular weight excluding hydrogens is 295 g/mol. The zero-order chi connectivity index (χ0) is 15.6. The van der Waals surface area contributed by atoms with Crippen LogP contribution in [0.3, 0.4) is 0 Å². The summed E-state index contributed by atoms with van der Waals surface area (Å²) in [5.41, 5.74) is 3.66. The van der Waals surface area contributed by atoms with Crippen molar-refractivity contribution in [2.45, 2.75) is 25.1 Å². The Morgan fingerprint density at radius 1 is 1.22 bits per heavy atom. The molecule has 23 heavy (non-hydrogen) atoms. The Kier molecular flexibility index (Phi) is 2.56. The van der Waals surface area contributed by atoms with Gasteiger partial charge in [-0.25, -0.2) is 9.37 Å². The van der Waals surface area contributed by atoms with Gasteiger partial charge < -0.3 is 9.67 Å². The van der Waals surface area contributed by atoms with E-state index in [2.05, 4.69) is 26.8 Å². The molecular formula is C17H15FN4O.